The molecule has 0 fully saturated rings. The van der Waals surface area contributed by atoms with Gasteiger partial charge in [0.25, 0.3) is 5.56 Å². The van der Waals surface area contributed by atoms with Gasteiger partial charge in [0.05, 0.1) is 17.1 Å². The van der Waals surface area contributed by atoms with Crippen LogP contribution < -0.4 is 5.56 Å². The molecule has 0 unspecified atom stereocenters. The summed E-state index contributed by atoms with van der Waals surface area (Å²) < 4.78 is 2.29. The average molecular weight is 492 g/mol. The van der Waals surface area contributed by atoms with Gasteiger partial charge < -0.3 is 0 Å². The molecule has 0 saturated heterocycles. The van der Waals surface area contributed by atoms with Gasteiger partial charge in [0, 0.05) is 25.7 Å². The van der Waals surface area contributed by atoms with E-state index >= 15 is 0 Å². The highest BCUT2D eigenvalue weighted by Crippen LogP contribution is 2.29. The van der Waals surface area contributed by atoms with E-state index < -0.39 is 0 Å². The Labute approximate surface area is 194 Å². The molecule has 0 aliphatic rings. The molecular formula is C25H22BrN3OS. The lowest BCUT2D eigenvalue weighted by Gasteiger charge is -2.14. The molecule has 0 amide bonds. The summed E-state index contributed by atoms with van der Waals surface area (Å²) in [6, 6.07) is 23.8. The van der Waals surface area contributed by atoms with Gasteiger partial charge in [-0.3, -0.25) is 4.79 Å². The maximum atomic E-state index is 13.3. The van der Waals surface area contributed by atoms with E-state index in [0.717, 1.165) is 26.2 Å². The summed E-state index contributed by atoms with van der Waals surface area (Å²) in [4.78, 5) is 20.3. The number of rotatable bonds is 6. The van der Waals surface area contributed by atoms with Gasteiger partial charge in [-0.15, -0.1) is 0 Å². The average Bonchev–Trinajstić information content (AvgIpc) is 2.80. The third-order valence-electron chi connectivity index (χ3n) is 5.09. The third-order valence-corrected chi connectivity index (χ3v) is 6.68. The zero-order chi connectivity index (χ0) is 21.8. The van der Waals surface area contributed by atoms with E-state index in [1.165, 1.54) is 4.68 Å². The number of hydrogen-bond donors (Lipinski definition) is 0. The Kier molecular flexibility index (Phi) is 6.68. The second kappa shape index (κ2) is 9.62. The highest BCUT2D eigenvalue weighted by atomic mass is 79.9. The molecule has 0 saturated carbocycles. The first-order chi connectivity index (χ1) is 15.1. The highest BCUT2D eigenvalue weighted by Gasteiger charge is 2.15. The van der Waals surface area contributed by atoms with Crippen LogP contribution in [-0.2, 0) is 0 Å². The Balaban J connectivity index is 1.80. The van der Waals surface area contributed by atoms with Crippen LogP contribution in [0, 0.1) is 0 Å². The van der Waals surface area contributed by atoms with Gasteiger partial charge in [0.2, 0.25) is 0 Å². The number of halogens is 1. The summed E-state index contributed by atoms with van der Waals surface area (Å²) in [5.74, 6) is 0.776. The van der Waals surface area contributed by atoms with Crippen molar-refractivity contribution in [2.75, 3.05) is 0 Å². The van der Waals surface area contributed by atoms with Crippen LogP contribution in [0.2, 0.25) is 0 Å². The van der Waals surface area contributed by atoms with E-state index in [0.29, 0.717) is 16.7 Å². The summed E-state index contributed by atoms with van der Waals surface area (Å²) in [7, 11) is 0. The summed E-state index contributed by atoms with van der Waals surface area (Å²) >= 11 is 5.12. The van der Waals surface area contributed by atoms with Gasteiger partial charge in [-0.25, -0.2) is 4.98 Å². The van der Waals surface area contributed by atoms with Crippen molar-refractivity contribution >= 4 is 44.8 Å². The molecule has 4 rings (SSSR count). The minimum atomic E-state index is -0.161. The second-order valence-corrected chi connectivity index (χ2v) is 9.29. The van der Waals surface area contributed by atoms with E-state index in [1.807, 2.05) is 48.5 Å². The van der Waals surface area contributed by atoms with E-state index in [9.17, 15) is 4.79 Å². The van der Waals surface area contributed by atoms with Crippen LogP contribution in [0.3, 0.4) is 0 Å². The Hall–Kier alpha value is -2.70. The van der Waals surface area contributed by atoms with E-state index in [4.69, 9.17) is 4.98 Å². The maximum Gasteiger partial charge on any atom is 0.282 e. The third kappa shape index (κ3) is 4.81. The zero-order valence-electron chi connectivity index (χ0n) is 17.3. The fourth-order valence-electron chi connectivity index (χ4n) is 3.19. The SMILES string of the molecule is CC[C@H](C)c1nc2ccc(Br)cc2c(=O)n1N=Cc1ccccc1Sc1ccccc1. The molecule has 1 heterocycles. The summed E-state index contributed by atoms with van der Waals surface area (Å²) in [5, 5.41) is 5.16. The van der Waals surface area contributed by atoms with E-state index in [2.05, 4.69) is 53.1 Å². The Morgan fingerprint density at radius 3 is 2.61 bits per heavy atom. The fraction of sp³-hybridized carbons (Fsp3) is 0.160. The Bertz CT molecular complexity index is 1300. The molecule has 0 bridgehead atoms. The number of hydrogen-bond acceptors (Lipinski definition) is 4. The molecule has 4 nitrogen and oxygen atoms in total. The largest absolute Gasteiger partial charge is 0.282 e. The lowest BCUT2D eigenvalue weighted by Crippen LogP contribution is -2.23. The highest BCUT2D eigenvalue weighted by molar-refractivity contribution is 9.10. The van der Waals surface area contributed by atoms with Crippen LogP contribution in [0.5, 0.6) is 0 Å². The molecule has 0 spiro atoms. The first-order valence-electron chi connectivity index (χ1n) is 10.2. The van der Waals surface area contributed by atoms with Crippen molar-refractivity contribution in [2.45, 2.75) is 36.0 Å². The first-order valence-corrected chi connectivity index (χ1v) is 11.8. The van der Waals surface area contributed by atoms with Crippen LogP contribution in [0.25, 0.3) is 10.9 Å². The number of fused-ring (bicyclic) bond motifs is 1. The molecule has 4 aromatic rings. The molecule has 31 heavy (non-hydrogen) atoms. The lowest BCUT2D eigenvalue weighted by atomic mass is 10.1. The molecule has 0 aliphatic heterocycles. The van der Waals surface area contributed by atoms with Gasteiger partial charge in [-0.05, 0) is 42.8 Å². The molecule has 1 atom stereocenters. The Morgan fingerprint density at radius 2 is 1.84 bits per heavy atom. The van der Waals surface area contributed by atoms with Crippen molar-refractivity contribution in [2.24, 2.45) is 5.10 Å². The van der Waals surface area contributed by atoms with Gasteiger partial charge in [-0.1, -0.05) is 77.9 Å². The summed E-state index contributed by atoms with van der Waals surface area (Å²) in [6.07, 6.45) is 2.62. The monoisotopic (exact) mass is 491 g/mol. The Morgan fingerprint density at radius 1 is 1.10 bits per heavy atom. The van der Waals surface area contributed by atoms with Gasteiger partial charge in [0.1, 0.15) is 5.82 Å². The van der Waals surface area contributed by atoms with Gasteiger partial charge in [-0.2, -0.15) is 9.78 Å². The topological polar surface area (TPSA) is 47.2 Å². The van der Waals surface area contributed by atoms with Crippen molar-refractivity contribution in [1.82, 2.24) is 9.66 Å². The van der Waals surface area contributed by atoms with Gasteiger partial charge >= 0.3 is 0 Å². The molecule has 3 aromatic carbocycles. The summed E-state index contributed by atoms with van der Waals surface area (Å²) in [6.45, 7) is 4.15. The minimum Gasteiger partial charge on any atom is -0.267 e. The maximum absolute atomic E-state index is 13.3. The van der Waals surface area contributed by atoms with E-state index in [-0.39, 0.29) is 11.5 Å². The van der Waals surface area contributed by atoms with E-state index in [1.54, 1.807) is 24.0 Å². The van der Waals surface area contributed by atoms with Crippen LogP contribution >= 0.6 is 27.7 Å². The molecule has 0 radical (unpaired) electrons. The zero-order valence-corrected chi connectivity index (χ0v) is 19.7. The quantitative estimate of drug-likeness (QED) is 0.281. The van der Waals surface area contributed by atoms with Crippen molar-refractivity contribution in [3.05, 3.63) is 99.0 Å². The number of aromatic nitrogens is 2. The molecule has 0 aliphatic carbocycles. The predicted octanol–water partition coefficient (Wildman–Crippen LogP) is 6.71. The first kappa shape index (κ1) is 21.5. The summed E-state index contributed by atoms with van der Waals surface area (Å²) in [5.41, 5.74) is 1.48. The van der Waals surface area contributed by atoms with Crippen molar-refractivity contribution in [3.8, 4) is 0 Å². The number of benzene rings is 3. The smallest absolute Gasteiger partial charge is 0.267 e. The molecule has 6 heteroatoms. The second-order valence-electron chi connectivity index (χ2n) is 7.26. The lowest BCUT2D eigenvalue weighted by molar-refractivity contribution is 0.613. The number of nitrogens with zero attached hydrogens (tertiary/aromatic N) is 3. The van der Waals surface area contributed by atoms with Crippen molar-refractivity contribution in [1.29, 1.82) is 0 Å². The minimum absolute atomic E-state index is 0.104. The van der Waals surface area contributed by atoms with Crippen molar-refractivity contribution < 1.29 is 0 Å². The molecule has 1 aromatic heterocycles. The predicted molar refractivity (Wildman–Crippen MR) is 132 cm³/mol. The molecular weight excluding hydrogens is 470 g/mol. The van der Waals surface area contributed by atoms with Crippen LogP contribution in [0.15, 0.2) is 97.0 Å². The van der Waals surface area contributed by atoms with Gasteiger partial charge in [0.15, 0.2) is 0 Å². The van der Waals surface area contributed by atoms with Crippen LogP contribution in [-0.4, -0.2) is 15.9 Å². The van der Waals surface area contributed by atoms with Crippen LogP contribution in [0.1, 0.15) is 37.6 Å². The fourth-order valence-corrected chi connectivity index (χ4v) is 4.49. The van der Waals surface area contributed by atoms with Crippen molar-refractivity contribution in [3.63, 3.8) is 0 Å². The molecule has 0 N–H and O–H groups in total. The standard InChI is InChI=1S/C25H22BrN3OS/c1-3-17(2)24-28-22-14-13-19(26)15-21(22)25(30)29(24)27-16-18-9-7-8-12-23(18)31-20-10-5-4-6-11-20/h4-17H,3H2,1-2H3/t17-/m0/s1. The molecule has 156 valence electrons. The normalized spacial score (nSPS) is 12.5. The van der Waals surface area contributed by atoms with Crippen LogP contribution in [0.4, 0.5) is 0 Å².